The number of carbonyl (C=O) groups excluding carboxylic acids is 2. The SMILES string of the molecule is Cc1cccc(N2CCN(C(=O)[C@H]3CC(=O)N(C4CCCC4)C3)CC2)c1. The third-order valence-corrected chi connectivity index (χ3v) is 6.23. The Labute approximate surface area is 155 Å². The Balaban J connectivity index is 1.33. The lowest BCUT2D eigenvalue weighted by Crippen LogP contribution is -2.50. The van der Waals surface area contributed by atoms with Gasteiger partial charge in [-0.25, -0.2) is 0 Å². The fourth-order valence-electron chi connectivity index (χ4n) is 4.73. The number of amides is 2. The first kappa shape index (κ1) is 17.4. The van der Waals surface area contributed by atoms with Crippen molar-refractivity contribution in [3.8, 4) is 0 Å². The molecule has 1 atom stereocenters. The molecule has 2 saturated heterocycles. The number of aryl methyl sites for hydroxylation is 1. The van der Waals surface area contributed by atoms with E-state index in [1.807, 2.05) is 9.80 Å². The Bertz CT molecular complexity index is 676. The Hall–Kier alpha value is -2.04. The van der Waals surface area contributed by atoms with Crippen molar-refractivity contribution in [3.05, 3.63) is 29.8 Å². The van der Waals surface area contributed by atoms with Crippen molar-refractivity contribution in [1.82, 2.24) is 9.80 Å². The molecule has 5 nitrogen and oxygen atoms in total. The maximum atomic E-state index is 12.9. The number of likely N-dealkylation sites (tertiary alicyclic amines) is 1. The standard InChI is InChI=1S/C21H29N3O2/c1-16-5-4-8-19(13-16)22-9-11-23(12-10-22)21(26)17-14-20(25)24(15-17)18-6-2-3-7-18/h4-5,8,13,17-18H,2-3,6-7,9-12,14-15H2,1H3/t17-/m0/s1. The van der Waals surface area contributed by atoms with Crippen LogP contribution in [0.1, 0.15) is 37.7 Å². The van der Waals surface area contributed by atoms with Crippen molar-refractivity contribution in [1.29, 1.82) is 0 Å². The van der Waals surface area contributed by atoms with Gasteiger partial charge >= 0.3 is 0 Å². The number of nitrogens with zero attached hydrogens (tertiary/aromatic N) is 3. The fourth-order valence-corrected chi connectivity index (χ4v) is 4.73. The summed E-state index contributed by atoms with van der Waals surface area (Å²) < 4.78 is 0. The molecule has 1 saturated carbocycles. The first-order valence-corrected chi connectivity index (χ1v) is 10.0. The molecule has 4 rings (SSSR count). The van der Waals surface area contributed by atoms with Gasteiger partial charge in [-0.05, 0) is 37.5 Å². The predicted octanol–water partition coefficient (Wildman–Crippen LogP) is 2.43. The van der Waals surface area contributed by atoms with Gasteiger partial charge < -0.3 is 14.7 Å². The van der Waals surface area contributed by atoms with Gasteiger partial charge in [-0.2, -0.15) is 0 Å². The highest BCUT2D eigenvalue weighted by Crippen LogP contribution is 2.30. The second-order valence-corrected chi connectivity index (χ2v) is 8.04. The molecule has 2 heterocycles. The van der Waals surface area contributed by atoms with Crippen molar-refractivity contribution >= 4 is 17.5 Å². The smallest absolute Gasteiger partial charge is 0.228 e. The number of benzene rings is 1. The number of hydrogen-bond acceptors (Lipinski definition) is 3. The molecule has 1 aromatic carbocycles. The van der Waals surface area contributed by atoms with Crippen LogP contribution in [-0.4, -0.2) is 60.4 Å². The number of carbonyl (C=O) groups is 2. The summed E-state index contributed by atoms with van der Waals surface area (Å²) in [6, 6.07) is 8.92. The van der Waals surface area contributed by atoms with E-state index >= 15 is 0 Å². The second kappa shape index (κ2) is 7.29. The van der Waals surface area contributed by atoms with Crippen molar-refractivity contribution < 1.29 is 9.59 Å². The maximum Gasteiger partial charge on any atom is 0.228 e. The minimum Gasteiger partial charge on any atom is -0.368 e. The van der Waals surface area contributed by atoms with Crippen molar-refractivity contribution in [2.24, 2.45) is 5.92 Å². The Kier molecular flexibility index (Phi) is 4.88. The lowest BCUT2D eigenvalue weighted by molar-refractivity contribution is -0.136. The van der Waals surface area contributed by atoms with Gasteiger partial charge in [-0.3, -0.25) is 9.59 Å². The van der Waals surface area contributed by atoms with Gasteiger partial charge in [0.25, 0.3) is 0 Å². The summed E-state index contributed by atoms with van der Waals surface area (Å²) in [5.74, 6) is 0.241. The summed E-state index contributed by atoms with van der Waals surface area (Å²) in [6.07, 6.45) is 5.07. The Morgan fingerprint density at radius 3 is 2.50 bits per heavy atom. The average Bonchev–Trinajstić information content (AvgIpc) is 3.31. The summed E-state index contributed by atoms with van der Waals surface area (Å²) in [5.41, 5.74) is 2.50. The molecular formula is C21H29N3O2. The zero-order valence-electron chi connectivity index (χ0n) is 15.7. The molecule has 2 amide bonds. The van der Waals surface area contributed by atoms with Gasteiger partial charge in [-0.1, -0.05) is 25.0 Å². The van der Waals surface area contributed by atoms with Crippen LogP contribution >= 0.6 is 0 Å². The van der Waals surface area contributed by atoms with Gasteiger partial charge in [0.1, 0.15) is 0 Å². The quantitative estimate of drug-likeness (QED) is 0.836. The largest absolute Gasteiger partial charge is 0.368 e. The molecule has 2 aliphatic heterocycles. The summed E-state index contributed by atoms with van der Waals surface area (Å²) in [5, 5.41) is 0. The predicted molar refractivity (Wildman–Crippen MR) is 102 cm³/mol. The highest BCUT2D eigenvalue weighted by Gasteiger charge is 2.40. The lowest BCUT2D eigenvalue weighted by Gasteiger charge is -2.37. The number of hydrogen-bond donors (Lipinski definition) is 0. The molecule has 0 radical (unpaired) electrons. The van der Waals surface area contributed by atoms with Crippen LogP contribution in [0.3, 0.4) is 0 Å². The summed E-state index contributed by atoms with van der Waals surface area (Å²) in [6.45, 7) is 5.98. The Morgan fingerprint density at radius 2 is 1.81 bits per heavy atom. The highest BCUT2D eigenvalue weighted by atomic mass is 16.2. The van der Waals surface area contributed by atoms with Crippen LogP contribution in [0, 0.1) is 12.8 Å². The zero-order valence-corrected chi connectivity index (χ0v) is 15.7. The van der Waals surface area contributed by atoms with E-state index in [4.69, 9.17) is 0 Å². The summed E-state index contributed by atoms with van der Waals surface area (Å²) in [7, 11) is 0. The molecule has 0 bridgehead atoms. The highest BCUT2D eigenvalue weighted by molar-refractivity contribution is 5.89. The van der Waals surface area contributed by atoms with Crippen LogP contribution in [-0.2, 0) is 9.59 Å². The molecule has 1 aromatic rings. The van der Waals surface area contributed by atoms with Crippen LogP contribution in [0.25, 0.3) is 0 Å². The van der Waals surface area contributed by atoms with Crippen LogP contribution in [0.2, 0.25) is 0 Å². The third-order valence-electron chi connectivity index (χ3n) is 6.23. The monoisotopic (exact) mass is 355 g/mol. The van der Waals surface area contributed by atoms with Gasteiger partial charge in [0.2, 0.25) is 11.8 Å². The fraction of sp³-hybridized carbons (Fsp3) is 0.619. The van der Waals surface area contributed by atoms with Gasteiger partial charge in [0, 0.05) is 50.9 Å². The van der Waals surface area contributed by atoms with Crippen molar-refractivity contribution in [3.63, 3.8) is 0 Å². The molecule has 26 heavy (non-hydrogen) atoms. The lowest BCUT2D eigenvalue weighted by atomic mass is 10.1. The van der Waals surface area contributed by atoms with Gasteiger partial charge in [0.05, 0.1) is 5.92 Å². The van der Waals surface area contributed by atoms with Gasteiger partial charge in [0.15, 0.2) is 0 Å². The van der Waals surface area contributed by atoms with Crippen molar-refractivity contribution in [2.75, 3.05) is 37.6 Å². The summed E-state index contributed by atoms with van der Waals surface area (Å²) >= 11 is 0. The molecule has 0 N–H and O–H groups in total. The molecule has 5 heteroatoms. The molecule has 3 aliphatic rings. The van der Waals surface area contributed by atoms with E-state index in [2.05, 4.69) is 36.1 Å². The first-order valence-electron chi connectivity index (χ1n) is 10.0. The van der Waals surface area contributed by atoms with E-state index in [-0.39, 0.29) is 17.7 Å². The Morgan fingerprint density at radius 1 is 1.08 bits per heavy atom. The third kappa shape index (κ3) is 3.44. The molecular weight excluding hydrogens is 326 g/mol. The number of piperazine rings is 1. The van der Waals surface area contributed by atoms with E-state index in [0.717, 1.165) is 39.0 Å². The minimum atomic E-state index is -0.131. The second-order valence-electron chi connectivity index (χ2n) is 8.04. The van der Waals surface area contributed by atoms with Crippen LogP contribution in [0.5, 0.6) is 0 Å². The van der Waals surface area contributed by atoms with E-state index in [0.29, 0.717) is 19.0 Å². The maximum absolute atomic E-state index is 12.9. The normalized spacial score (nSPS) is 24.6. The molecule has 0 aromatic heterocycles. The summed E-state index contributed by atoms with van der Waals surface area (Å²) in [4.78, 5) is 31.6. The number of rotatable bonds is 3. The number of anilines is 1. The molecule has 1 aliphatic carbocycles. The van der Waals surface area contributed by atoms with Gasteiger partial charge in [-0.15, -0.1) is 0 Å². The molecule has 0 unspecified atom stereocenters. The average molecular weight is 355 g/mol. The van der Waals surface area contributed by atoms with Crippen LogP contribution in [0.15, 0.2) is 24.3 Å². The van der Waals surface area contributed by atoms with Crippen molar-refractivity contribution in [2.45, 2.75) is 45.1 Å². The molecule has 140 valence electrons. The molecule has 3 fully saturated rings. The van der Waals surface area contributed by atoms with E-state index < -0.39 is 0 Å². The molecule has 0 spiro atoms. The minimum absolute atomic E-state index is 0.131. The van der Waals surface area contributed by atoms with E-state index in [1.165, 1.54) is 24.1 Å². The zero-order chi connectivity index (χ0) is 18.1. The topological polar surface area (TPSA) is 43.9 Å². The first-order chi connectivity index (χ1) is 12.6. The van der Waals surface area contributed by atoms with E-state index in [1.54, 1.807) is 0 Å². The van der Waals surface area contributed by atoms with Crippen LogP contribution < -0.4 is 4.90 Å². The van der Waals surface area contributed by atoms with Crippen LogP contribution in [0.4, 0.5) is 5.69 Å². The van der Waals surface area contributed by atoms with E-state index in [9.17, 15) is 9.59 Å².